The number of hydrogen-bond acceptors (Lipinski definition) is 4. The van der Waals surface area contributed by atoms with Gasteiger partial charge >= 0.3 is 0 Å². The first-order valence-electron chi connectivity index (χ1n) is 10.8. The maximum Gasteiger partial charge on any atom is 0.251 e. The predicted molar refractivity (Wildman–Crippen MR) is 118 cm³/mol. The summed E-state index contributed by atoms with van der Waals surface area (Å²) in [7, 11) is 0. The SMILES string of the molecule is CCNC(=O)c1ccc(CN=C(NCC)NCC(C(C)C)N2CCOCC2)cc1. The molecule has 1 aromatic carbocycles. The van der Waals surface area contributed by atoms with E-state index in [-0.39, 0.29) is 5.91 Å². The fraction of sp³-hybridized carbons (Fsp3) is 0.636. The first kappa shape index (κ1) is 23.2. The summed E-state index contributed by atoms with van der Waals surface area (Å²) in [5, 5.41) is 9.65. The van der Waals surface area contributed by atoms with Gasteiger partial charge in [-0.25, -0.2) is 4.99 Å². The number of carbonyl (C=O) groups excluding carboxylic acids is 1. The summed E-state index contributed by atoms with van der Waals surface area (Å²) < 4.78 is 5.49. The van der Waals surface area contributed by atoms with Crippen LogP contribution in [0.5, 0.6) is 0 Å². The molecule has 0 radical (unpaired) electrons. The van der Waals surface area contributed by atoms with Gasteiger partial charge in [-0.1, -0.05) is 26.0 Å². The molecule has 0 aromatic heterocycles. The summed E-state index contributed by atoms with van der Waals surface area (Å²) in [6, 6.07) is 8.07. The maximum absolute atomic E-state index is 11.9. The molecule has 7 heteroatoms. The average Bonchev–Trinajstić information content (AvgIpc) is 2.73. The van der Waals surface area contributed by atoms with Crippen LogP contribution in [0.3, 0.4) is 0 Å². The van der Waals surface area contributed by atoms with Gasteiger partial charge in [-0.2, -0.15) is 0 Å². The van der Waals surface area contributed by atoms with Gasteiger partial charge in [0.2, 0.25) is 0 Å². The molecule has 1 atom stereocenters. The number of aliphatic imine (C=N–C) groups is 1. The number of hydrogen-bond donors (Lipinski definition) is 3. The normalized spacial score (nSPS) is 16.5. The zero-order valence-corrected chi connectivity index (χ0v) is 18.3. The van der Waals surface area contributed by atoms with Crippen molar-refractivity contribution >= 4 is 11.9 Å². The van der Waals surface area contributed by atoms with Crippen LogP contribution in [0.25, 0.3) is 0 Å². The maximum atomic E-state index is 11.9. The quantitative estimate of drug-likeness (QED) is 0.433. The first-order valence-corrected chi connectivity index (χ1v) is 10.8. The summed E-state index contributed by atoms with van der Waals surface area (Å²) in [5.41, 5.74) is 1.75. The second-order valence-electron chi connectivity index (χ2n) is 7.59. The Labute approximate surface area is 175 Å². The predicted octanol–water partition coefficient (Wildman–Crippen LogP) is 1.85. The highest BCUT2D eigenvalue weighted by Gasteiger charge is 2.23. The summed E-state index contributed by atoms with van der Waals surface area (Å²) in [4.78, 5) is 19.1. The van der Waals surface area contributed by atoms with E-state index in [0.29, 0.717) is 30.6 Å². The van der Waals surface area contributed by atoms with Gasteiger partial charge in [0.25, 0.3) is 5.91 Å². The van der Waals surface area contributed by atoms with Crippen LogP contribution in [0, 0.1) is 5.92 Å². The Morgan fingerprint density at radius 3 is 2.31 bits per heavy atom. The molecule has 0 aliphatic carbocycles. The Balaban J connectivity index is 1.95. The van der Waals surface area contributed by atoms with Crippen LogP contribution in [-0.4, -0.2) is 68.7 Å². The number of nitrogens with one attached hydrogen (secondary N) is 3. The zero-order chi connectivity index (χ0) is 21.1. The largest absolute Gasteiger partial charge is 0.379 e. The molecule has 2 rings (SSSR count). The average molecular weight is 404 g/mol. The molecular formula is C22H37N5O2. The molecule has 0 spiro atoms. The first-order chi connectivity index (χ1) is 14.0. The van der Waals surface area contributed by atoms with Crippen molar-refractivity contribution < 1.29 is 9.53 Å². The van der Waals surface area contributed by atoms with Crippen LogP contribution in [0.15, 0.2) is 29.3 Å². The van der Waals surface area contributed by atoms with Crippen LogP contribution < -0.4 is 16.0 Å². The van der Waals surface area contributed by atoms with Crippen molar-refractivity contribution in [3.05, 3.63) is 35.4 Å². The molecule has 1 aromatic rings. The molecule has 1 fully saturated rings. The van der Waals surface area contributed by atoms with E-state index in [4.69, 9.17) is 9.73 Å². The fourth-order valence-corrected chi connectivity index (χ4v) is 3.43. The van der Waals surface area contributed by atoms with Crippen molar-refractivity contribution in [2.45, 2.75) is 40.3 Å². The standard InChI is InChI=1S/C22H37N5O2/c1-5-23-21(28)19-9-7-18(8-10-19)15-25-22(24-6-2)26-16-20(17(3)4)27-11-13-29-14-12-27/h7-10,17,20H,5-6,11-16H2,1-4H3,(H,23,28)(H2,24,25,26). The highest BCUT2D eigenvalue weighted by atomic mass is 16.5. The van der Waals surface area contributed by atoms with E-state index >= 15 is 0 Å². The van der Waals surface area contributed by atoms with E-state index in [9.17, 15) is 4.79 Å². The molecule has 1 unspecified atom stereocenters. The lowest BCUT2D eigenvalue weighted by atomic mass is 10.0. The third-order valence-corrected chi connectivity index (χ3v) is 5.08. The second-order valence-corrected chi connectivity index (χ2v) is 7.59. The number of benzene rings is 1. The minimum Gasteiger partial charge on any atom is -0.379 e. The lowest BCUT2D eigenvalue weighted by Crippen LogP contribution is -2.52. The van der Waals surface area contributed by atoms with Gasteiger partial charge < -0.3 is 20.7 Å². The monoisotopic (exact) mass is 403 g/mol. The van der Waals surface area contributed by atoms with E-state index in [1.807, 2.05) is 31.2 Å². The van der Waals surface area contributed by atoms with Crippen LogP contribution in [0.2, 0.25) is 0 Å². The number of rotatable bonds is 9. The van der Waals surface area contributed by atoms with Gasteiger partial charge in [0.1, 0.15) is 0 Å². The van der Waals surface area contributed by atoms with Crippen LogP contribution >= 0.6 is 0 Å². The highest BCUT2D eigenvalue weighted by Crippen LogP contribution is 2.12. The molecular weight excluding hydrogens is 366 g/mol. The van der Waals surface area contributed by atoms with E-state index in [1.165, 1.54) is 0 Å². The number of amides is 1. The van der Waals surface area contributed by atoms with Crippen molar-refractivity contribution in [2.24, 2.45) is 10.9 Å². The number of guanidine groups is 1. The van der Waals surface area contributed by atoms with Crippen LogP contribution in [0.1, 0.15) is 43.6 Å². The van der Waals surface area contributed by atoms with Crippen molar-refractivity contribution in [3.63, 3.8) is 0 Å². The summed E-state index contributed by atoms with van der Waals surface area (Å²) in [6.07, 6.45) is 0. The Morgan fingerprint density at radius 1 is 1.07 bits per heavy atom. The van der Waals surface area contributed by atoms with Crippen molar-refractivity contribution in [1.29, 1.82) is 0 Å². The van der Waals surface area contributed by atoms with Gasteiger partial charge in [0.05, 0.1) is 19.8 Å². The third kappa shape index (κ3) is 7.66. The molecule has 1 saturated heterocycles. The van der Waals surface area contributed by atoms with E-state index in [2.05, 4.69) is 41.6 Å². The van der Waals surface area contributed by atoms with Crippen molar-refractivity contribution in [3.8, 4) is 0 Å². The number of carbonyl (C=O) groups is 1. The molecule has 1 heterocycles. The molecule has 162 valence electrons. The van der Waals surface area contributed by atoms with E-state index < -0.39 is 0 Å². The molecule has 1 aliphatic rings. The number of morpholine rings is 1. The summed E-state index contributed by atoms with van der Waals surface area (Å²) >= 11 is 0. The Kier molecular flexibility index (Phi) is 9.94. The fourth-order valence-electron chi connectivity index (χ4n) is 3.43. The van der Waals surface area contributed by atoms with Gasteiger partial charge in [-0.05, 0) is 37.5 Å². The molecule has 1 amide bonds. The molecule has 29 heavy (non-hydrogen) atoms. The molecule has 0 saturated carbocycles. The lowest BCUT2D eigenvalue weighted by Gasteiger charge is -2.37. The molecule has 0 bridgehead atoms. The van der Waals surface area contributed by atoms with E-state index in [0.717, 1.165) is 50.9 Å². The van der Waals surface area contributed by atoms with E-state index in [1.54, 1.807) is 0 Å². The van der Waals surface area contributed by atoms with Crippen LogP contribution in [0.4, 0.5) is 0 Å². The molecule has 3 N–H and O–H groups in total. The van der Waals surface area contributed by atoms with Crippen LogP contribution in [-0.2, 0) is 11.3 Å². The van der Waals surface area contributed by atoms with Gasteiger partial charge in [0, 0.05) is 44.3 Å². The summed E-state index contributed by atoms with van der Waals surface area (Å²) in [5.74, 6) is 1.32. The second kappa shape index (κ2) is 12.4. The Bertz CT molecular complexity index is 639. The molecule has 7 nitrogen and oxygen atoms in total. The Hall–Kier alpha value is -2.12. The highest BCUT2D eigenvalue weighted by molar-refractivity contribution is 5.94. The van der Waals surface area contributed by atoms with Gasteiger partial charge in [-0.15, -0.1) is 0 Å². The van der Waals surface area contributed by atoms with Crippen molar-refractivity contribution in [2.75, 3.05) is 45.9 Å². The number of ether oxygens (including phenoxy) is 1. The minimum atomic E-state index is -0.0413. The lowest BCUT2D eigenvalue weighted by molar-refractivity contribution is 0.00752. The van der Waals surface area contributed by atoms with Gasteiger partial charge in [0.15, 0.2) is 5.96 Å². The third-order valence-electron chi connectivity index (χ3n) is 5.08. The zero-order valence-electron chi connectivity index (χ0n) is 18.3. The minimum absolute atomic E-state index is 0.0413. The van der Waals surface area contributed by atoms with Gasteiger partial charge in [-0.3, -0.25) is 9.69 Å². The topological polar surface area (TPSA) is 78.0 Å². The number of nitrogens with zero attached hydrogens (tertiary/aromatic N) is 2. The molecule has 1 aliphatic heterocycles. The smallest absolute Gasteiger partial charge is 0.251 e. The Morgan fingerprint density at radius 2 is 1.72 bits per heavy atom. The van der Waals surface area contributed by atoms with Crippen molar-refractivity contribution in [1.82, 2.24) is 20.9 Å². The summed E-state index contributed by atoms with van der Waals surface area (Å²) in [6.45, 7) is 15.0.